The molecule has 2 heterocycles. The monoisotopic (exact) mass is 424 g/mol. The van der Waals surface area contributed by atoms with Crippen molar-refractivity contribution in [1.29, 1.82) is 0 Å². The molecule has 0 fully saturated rings. The molecule has 2 aromatic heterocycles. The Morgan fingerprint density at radius 2 is 1.97 bits per heavy atom. The molecule has 8 heteroatoms. The number of hydrogen-bond acceptors (Lipinski definition) is 5. The van der Waals surface area contributed by atoms with Gasteiger partial charge in [-0.1, -0.05) is 19.9 Å². The molecule has 0 spiro atoms. The number of aromatic nitrogens is 2. The number of benzene rings is 1. The second kappa shape index (κ2) is 10.5. The van der Waals surface area contributed by atoms with Crippen LogP contribution in [-0.4, -0.2) is 34.9 Å². The topological polar surface area (TPSA) is 94.0 Å². The van der Waals surface area contributed by atoms with E-state index in [9.17, 15) is 9.59 Å². The van der Waals surface area contributed by atoms with E-state index in [-0.39, 0.29) is 25.0 Å². The van der Waals surface area contributed by atoms with Crippen LogP contribution < -0.4 is 20.1 Å². The zero-order chi connectivity index (χ0) is 22.2. The second-order valence-electron chi connectivity index (χ2n) is 7.61. The van der Waals surface area contributed by atoms with Crippen molar-refractivity contribution in [3.05, 3.63) is 54.5 Å². The zero-order valence-corrected chi connectivity index (χ0v) is 18.1. The lowest BCUT2D eigenvalue weighted by Gasteiger charge is -2.13. The van der Waals surface area contributed by atoms with Gasteiger partial charge in [0.1, 0.15) is 12.3 Å². The third-order valence-corrected chi connectivity index (χ3v) is 4.63. The fraction of sp³-hybridized carbons (Fsp3) is 0.348. The molecule has 0 saturated carbocycles. The molecule has 0 aliphatic rings. The molecule has 31 heavy (non-hydrogen) atoms. The van der Waals surface area contributed by atoms with Gasteiger partial charge in [-0.05, 0) is 36.6 Å². The SMILES string of the molecule is COc1ccc(NC(=O)CNC(=O)CCC(C)C)cc1OCc1cn2ccccc2n1. The molecule has 0 aliphatic heterocycles. The molecule has 2 amide bonds. The minimum Gasteiger partial charge on any atom is -0.493 e. The Bertz CT molecular complexity index is 1010. The predicted molar refractivity (Wildman–Crippen MR) is 118 cm³/mol. The molecule has 2 N–H and O–H groups in total. The van der Waals surface area contributed by atoms with E-state index in [0.717, 1.165) is 17.8 Å². The lowest BCUT2D eigenvalue weighted by molar-refractivity contribution is -0.124. The van der Waals surface area contributed by atoms with E-state index >= 15 is 0 Å². The van der Waals surface area contributed by atoms with E-state index in [0.29, 0.717) is 29.5 Å². The van der Waals surface area contributed by atoms with Gasteiger partial charge in [-0.25, -0.2) is 4.98 Å². The van der Waals surface area contributed by atoms with E-state index in [2.05, 4.69) is 29.5 Å². The van der Waals surface area contributed by atoms with E-state index in [1.165, 1.54) is 0 Å². The number of fused-ring (bicyclic) bond motifs is 1. The fourth-order valence-corrected chi connectivity index (χ4v) is 2.97. The minimum atomic E-state index is -0.311. The minimum absolute atomic E-state index is 0.0829. The summed E-state index contributed by atoms with van der Waals surface area (Å²) in [7, 11) is 1.55. The Hall–Kier alpha value is -3.55. The van der Waals surface area contributed by atoms with Crippen LogP contribution in [-0.2, 0) is 16.2 Å². The summed E-state index contributed by atoms with van der Waals surface area (Å²) < 4.78 is 13.2. The average molecular weight is 425 g/mol. The largest absolute Gasteiger partial charge is 0.493 e. The van der Waals surface area contributed by atoms with Crippen LogP contribution in [0.3, 0.4) is 0 Å². The van der Waals surface area contributed by atoms with Gasteiger partial charge >= 0.3 is 0 Å². The quantitative estimate of drug-likeness (QED) is 0.520. The first-order valence-corrected chi connectivity index (χ1v) is 10.2. The molecule has 0 saturated heterocycles. The molecule has 3 rings (SSSR count). The number of carbonyl (C=O) groups excluding carboxylic acids is 2. The number of nitrogens with one attached hydrogen (secondary N) is 2. The van der Waals surface area contributed by atoms with Crippen LogP contribution in [0.2, 0.25) is 0 Å². The van der Waals surface area contributed by atoms with Crippen molar-refractivity contribution < 1.29 is 19.1 Å². The van der Waals surface area contributed by atoms with Crippen LogP contribution in [0.1, 0.15) is 32.4 Å². The molecule has 0 radical (unpaired) electrons. The van der Waals surface area contributed by atoms with Crippen molar-refractivity contribution in [3.8, 4) is 11.5 Å². The Balaban J connectivity index is 1.58. The van der Waals surface area contributed by atoms with Crippen LogP contribution in [0.15, 0.2) is 48.8 Å². The van der Waals surface area contributed by atoms with Crippen molar-refractivity contribution in [1.82, 2.24) is 14.7 Å². The standard InChI is InChI=1S/C23H28N4O4/c1-16(2)7-10-22(28)24-13-23(29)26-17-8-9-19(30-3)20(12-17)31-15-18-14-27-11-5-4-6-21(27)25-18/h4-6,8-9,11-12,14,16H,7,10,13,15H2,1-3H3,(H,24,28)(H,26,29). The molecule has 1 aromatic carbocycles. The maximum absolute atomic E-state index is 12.2. The molecule has 0 aliphatic carbocycles. The highest BCUT2D eigenvalue weighted by Crippen LogP contribution is 2.31. The summed E-state index contributed by atoms with van der Waals surface area (Å²) in [6.07, 6.45) is 5.02. The molecule has 0 unspecified atom stereocenters. The normalized spacial score (nSPS) is 10.8. The van der Waals surface area contributed by atoms with E-state index in [1.807, 2.05) is 35.0 Å². The Kier molecular flexibility index (Phi) is 7.48. The summed E-state index contributed by atoms with van der Waals surface area (Å²) in [5.41, 5.74) is 2.16. The number of pyridine rings is 1. The van der Waals surface area contributed by atoms with Crippen molar-refractivity contribution in [3.63, 3.8) is 0 Å². The molecule has 0 bridgehead atoms. The highest BCUT2D eigenvalue weighted by molar-refractivity contribution is 5.94. The van der Waals surface area contributed by atoms with Gasteiger partial charge in [0.25, 0.3) is 0 Å². The Morgan fingerprint density at radius 3 is 2.71 bits per heavy atom. The van der Waals surface area contributed by atoms with Crippen LogP contribution in [0.4, 0.5) is 5.69 Å². The van der Waals surface area contributed by atoms with Gasteiger partial charge in [0.05, 0.1) is 19.3 Å². The Labute approximate surface area is 181 Å². The van der Waals surface area contributed by atoms with Gasteiger partial charge in [0, 0.05) is 30.6 Å². The first kappa shape index (κ1) is 22.1. The van der Waals surface area contributed by atoms with Crippen LogP contribution in [0.25, 0.3) is 5.65 Å². The zero-order valence-electron chi connectivity index (χ0n) is 18.1. The third-order valence-electron chi connectivity index (χ3n) is 4.63. The lowest BCUT2D eigenvalue weighted by Crippen LogP contribution is -2.32. The summed E-state index contributed by atoms with van der Waals surface area (Å²) in [5.74, 6) is 1.03. The number of nitrogens with zero attached hydrogens (tertiary/aromatic N) is 2. The van der Waals surface area contributed by atoms with E-state index in [4.69, 9.17) is 9.47 Å². The van der Waals surface area contributed by atoms with Crippen LogP contribution >= 0.6 is 0 Å². The maximum Gasteiger partial charge on any atom is 0.243 e. The maximum atomic E-state index is 12.2. The molecule has 8 nitrogen and oxygen atoms in total. The summed E-state index contributed by atoms with van der Waals surface area (Å²) in [5, 5.41) is 5.40. The number of amides is 2. The number of ether oxygens (including phenoxy) is 2. The fourth-order valence-electron chi connectivity index (χ4n) is 2.97. The third kappa shape index (κ3) is 6.47. The number of methoxy groups -OCH3 is 1. The van der Waals surface area contributed by atoms with Crippen LogP contribution in [0.5, 0.6) is 11.5 Å². The van der Waals surface area contributed by atoms with Gasteiger partial charge in [0.15, 0.2) is 11.5 Å². The summed E-state index contributed by atoms with van der Waals surface area (Å²) >= 11 is 0. The van der Waals surface area contributed by atoms with Gasteiger partial charge in [-0.3, -0.25) is 9.59 Å². The number of rotatable bonds is 10. The lowest BCUT2D eigenvalue weighted by atomic mass is 10.1. The predicted octanol–water partition coefficient (Wildman–Crippen LogP) is 3.41. The van der Waals surface area contributed by atoms with Gasteiger partial charge in [-0.15, -0.1) is 0 Å². The highest BCUT2D eigenvalue weighted by Gasteiger charge is 2.11. The summed E-state index contributed by atoms with van der Waals surface area (Å²) in [4.78, 5) is 28.5. The molecule has 3 aromatic rings. The first-order valence-electron chi connectivity index (χ1n) is 10.2. The van der Waals surface area contributed by atoms with E-state index in [1.54, 1.807) is 25.3 Å². The average Bonchev–Trinajstić information content (AvgIpc) is 3.18. The van der Waals surface area contributed by atoms with Crippen molar-refractivity contribution in [2.24, 2.45) is 5.92 Å². The van der Waals surface area contributed by atoms with Crippen molar-refractivity contribution in [2.45, 2.75) is 33.3 Å². The van der Waals surface area contributed by atoms with Crippen LogP contribution in [0, 0.1) is 5.92 Å². The molecular weight excluding hydrogens is 396 g/mol. The second-order valence-corrected chi connectivity index (χ2v) is 7.61. The van der Waals surface area contributed by atoms with Gasteiger partial charge < -0.3 is 24.5 Å². The number of anilines is 1. The summed E-state index contributed by atoms with van der Waals surface area (Å²) in [6, 6.07) is 10.9. The molecule has 164 valence electrons. The summed E-state index contributed by atoms with van der Waals surface area (Å²) in [6.45, 7) is 4.28. The van der Waals surface area contributed by atoms with Crippen molar-refractivity contribution >= 4 is 23.1 Å². The smallest absolute Gasteiger partial charge is 0.243 e. The van der Waals surface area contributed by atoms with Gasteiger partial charge in [0.2, 0.25) is 11.8 Å². The highest BCUT2D eigenvalue weighted by atomic mass is 16.5. The Morgan fingerprint density at radius 1 is 1.13 bits per heavy atom. The first-order chi connectivity index (χ1) is 14.9. The number of imidazole rings is 1. The molecular formula is C23H28N4O4. The molecule has 0 atom stereocenters. The number of hydrogen-bond donors (Lipinski definition) is 2. The van der Waals surface area contributed by atoms with Gasteiger partial charge in [-0.2, -0.15) is 0 Å². The van der Waals surface area contributed by atoms with Crippen molar-refractivity contribution in [2.75, 3.05) is 19.0 Å². The number of carbonyl (C=O) groups is 2. The van der Waals surface area contributed by atoms with E-state index < -0.39 is 0 Å².